The standard InChI is InChI=1S/C19H31FN4.HI/c1-4-21-19(22-11-8-16-6-5-7-17(20)14-16)23-18-9-12-24(13-10-18)15(2)3;/h5-7,14-15,18H,4,8-13H2,1-3H3,(H2,21,22,23);1H. The maximum Gasteiger partial charge on any atom is 0.191 e. The molecule has 1 heterocycles. The zero-order valence-corrected chi connectivity index (χ0v) is 17.9. The average Bonchev–Trinajstić information content (AvgIpc) is 2.55. The molecule has 142 valence electrons. The van der Waals surface area contributed by atoms with Gasteiger partial charge in [-0.2, -0.15) is 0 Å². The lowest BCUT2D eigenvalue weighted by Crippen LogP contribution is -2.49. The molecule has 2 rings (SSSR count). The average molecular weight is 462 g/mol. The van der Waals surface area contributed by atoms with Crippen LogP contribution in [0, 0.1) is 5.82 Å². The van der Waals surface area contributed by atoms with E-state index in [1.54, 1.807) is 12.1 Å². The van der Waals surface area contributed by atoms with E-state index in [0.717, 1.165) is 50.4 Å². The molecular formula is C19H32FIN4. The summed E-state index contributed by atoms with van der Waals surface area (Å²) in [4.78, 5) is 7.17. The van der Waals surface area contributed by atoms with E-state index in [1.807, 2.05) is 6.07 Å². The van der Waals surface area contributed by atoms with Gasteiger partial charge in [0, 0.05) is 38.3 Å². The fourth-order valence-electron chi connectivity index (χ4n) is 3.06. The molecule has 0 radical (unpaired) electrons. The third kappa shape index (κ3) is 7.90. The Morgan fingerprint density at radius 2 is 2.04 bits per heavy atom. The lowest BCUT2D eigenvalue weighted by atomic mass is 10.0. The van der Waals surface area contributed by atoms with Gasteiger partial charge in [0.15, 0.2) is 5.96 Å². The second-order valence-electron chi connectivity index (χ2n) is 6.69. The second-order valence-corrected chi connectivity index (χ2v) is 6.69. The smallest absolute Gasteiger partial charge is 0.191 e. The van der Waals surface area contributed by atoms with Crippen LogP contribution < -0.4 is 10.6 Å². The molecule has 1 aromatic carbocycles. The second kappa shape index (κ2) is 11.7. The molecule has 0 atom stereocenters. The monoisotopic (exact) mass is 462 g/mol. The number of rotatable bonds is 6. The van der Waals surface area contributed by atoms with Crippen LogP contribution in [0.2, 0.25) is 0 Å². The first-order valence-electron chi connectivity index (χ1n) is 9.11. The van der Waals surface area contributed by atoms with Crippen molar-refractivity contribution in [3.63, 3.8) is 0 Å². The maximum atomic E-state index is 13.2. The van der Waals surface area contributed by atoms with Crippen molar-refractivity contribution < 1.29 is 4.39 Å². The van der Waals surface area contributed by atoms with E-state index in [0.29, 0.717) is 18.6 Å². The fraction of sp³-hybridized carbons (Fsp3) is 0.632. The van der Waals surface area contributed by atoms with Gasteiger partial charge in [0.2, 0.25) is 0 Å². The Morgan fingerprint density at radius 3 is 2.64 bits per heavy atom. The van der Waals surface area contributed by atoms with Crippen molar-refractivity contribution in [2.45, 2.75) is 52.1 Å². The first-order chi connectivity index (χ1) is 11.6. The van der Waals surface area contributed by atoms with Gasteiger partial charge < -0.3 is 15.5 Å². The fourth-order valence-corrected chi connectivity index (χ4v) is 3.06. The molecule has 0 spiro atoms. The lowest BCUT2D eigenvalue weighted by Gasteiger charge is -2.35. The summed E-state index contributed by atoms with van der Waals surface area (Å²) in [7, 11) is 0. The van der Waals surface area contributed by atoms with Crippen LogP contribution in [-0.2, 0) is 6.42 Å². The van der Waals surface area contributed by atoms with Crippen molar-refractivity contribution in [2.75, 3.05) is 26.2 Å². The Labute approximate surface area is 168 Å². The van der Waals surface area contributed by atoms with E-state index >= 15 is 0 Å². The third-order valence-corrected chi connectivity index (χ3v) is 4.50. The number of halogens is 2. The largest absolute Gasteiger partial charge is 0.357 e. The van der Waals surface area contributed by atoms with Gasteiger partial charge in [-0.05, 0) is 57.7 Å². The van der Waals surface area contributed by atoms with Gasteiger partial charge in [0.1, 0.15) is 5.82 Å². The molecule has 1 aliphatic heterocycles. The zero-order valence-electron chi connectivity index (χ0n) is 15.6. The van der Waals surface area contributed by atoms with Gasteiger partial charge in [-0.1, -0.05) is 12.1 Å². The van der Waals surface area contributed by atoms with E-state index in [-0.39, 0.29) is 29.8 Å². The number of guanidine groups is 1. The Morgan fingerprint density at radius 1 is 1.32 bits per heavy atom. The number of aliphatic imine (C=N–C) groups is 1. The number of hydrogen-bond donors (Lipinski definition) is 2. The van der Waals surface area contributed by atoms with Crippen molar-refractivity contribution in [1.82, 2.24) is 15.5 Å². The molecule has 0 unspecified atom stereocenters. The van der Waals surface area contributed by atoms with Crippen LogP contribution >= 0.6 is 24.0 Å². The van der Waals surface area contributed by atoms with Crippen molar-refractivity contribution in [2.24, 2.45) is 4.99 Å². The Kier molecular flexibility index (Phi) is 10.3. The molecule has 2 N–H and O–H groups in total. The van der Waals surface area contributed by atoms with Gasteiger partial charge in [0.25, 0.3) is 0 Å². The summed E-state index contributed by atoms with van der Waals surface area (Å²) in [6, 6.07) is 7.85. The molecule has 4 nitrogen and oxygen atoms in total. The predicted octanol–water partition coefficient (Wildman–Crippen LogP) is 3.41. The maximum absolute atomic E-state index is 13.2. The number of likely N-dealkylation sites (tertiary alicyclic amines) is 1. The van der Waals surface area contributed by atoms with Crippen molar-refractivity contribution in [3.05, 3.63) is 35.6 Å². The number of nitrogens with one attached hydrogen (secondary N) is 2. The molecule has 25 heavy (non-hydrogen) atoms. The van der Waals surface area contributed by atoms with Gasteiger partial charge in [-0.3, -0.25) is 4.99 Å². The van der Waals surface area contributed by atoms with E-state index in [1.165, 1.54) is 6.07 Å². The molecule has 1 fully saturated rings. The normalized spacial score (nSPS) is 16.6. The molecule has 1 saturated heterocycles. The number of piperidine rings is 1. The van der Waals surface area contributed by atoms with Crippen LogP contribution in [0.25, 0.3) is 0 Å². The topological polar surface area (TPSA) is 39.7 Å². The van der Waals surface area contributed by atoms with E-state index in [4.69, 9.17) is 0 Å². The third-order valence-electron chi connectivity index (χ3n) is 4.50. The minimum absolute atomic E-state index is 0. The molecular weight excluding hydrogens is 430 g/mol. The molecule has 0 amide bonds. The van der Waals surface area contributed by atoms with Gasteiger partial charge in [-0.15, -0.1) is 24.0 Å². The summed E-state index contributed by atoms with van der Waals surface area (Å²) in [6.07, 6.45) is 3.04. The molecule has 6 heteroatoms. The minimum Gasteiger partial charge on any atom is -0.357 e. The Hall–Kier alpha value is -0.890. The Balaban J connectivity index is 0.00000312. The van der Waals surface area contributed by atoms with Crippen molar-refractivity contribution in [1.29, 1.82) is 0 Å². The van der Waals surface area contributed by atoms with Crippen LogP contribution in [0.5, 0.6) is 0 Å². The summed E-state index contributed by atoms with van der Waals surface area (Å²) in [6.45, 7) is 10.4. The van der Waals surface area contributed by atoms with Gasteiger partial charge in [0.05, 0.1) is 0 Å². The summed E-state index contributed by atoms with van der Waals surface area (Å²) >= 11 is 0. The van der Waals surface area contributed by atoms with Crippen LogP contribution in [0.1, 0.15) is 39.2 Å². The molecule has 0 saturated carbocycles. The predicted molar refractivity (Wildman–Crippen MR) is 114 cm³/mol. The van der Waals surface area contributed by atoms with E-state index in [2.05, 4.69) is 41.3 Å². The summed E-state index contributed by atoms with van der Waals surface area (Å²) in [5.41, 5.74) is 0.986. The van der Waals surface area contributed by atoms with Gasteiger partial charge >= 0.3 is 0 Å². The van der Waals surface area contributed by atoms with Crippen LogP contribution in [0.4, 0.5) is 4.39 Å². The summed E-state index contributed by atoms with van der Waals surface area (Å²) in [5.74, 6) is 0.690. The highest BCUT2D eigenvalue weighted by Crippen LogP contribution is 2.12. The number of nitrogens with zero attached hydrogens (tertiary/aromatic N) is 2. The number of hydrogen-bond acceptors (Lipinski definition) is 2. The molecule has 0 bridgehead atoms. The molecule has 1 aliphatic rings. The highest BCUT2D eigenvalue weighted by atomic mass is 127. The first-order valence-corrected chi connectivity index (χ1v) is 9.11. The van der Waals surface area contributed by atoms with Crippen molar-refractivity contribution in [3.8, 4) is 0 Å². The van der Waals surface area contributed by atoms with Gasteiger partial charge in [-0.25, -0.2) is 4.39 Å². The molecule has 0 aromatic heterocycles. The number of benzene rings is 1. The van der Waals surface area contributed by atoms with E-state index in [9.17, 15) is 4.39 Å². The molecule has 0 aliphatic carbocycles. The summed E-state index contributed by atoms with van der Waals surface area (Å²) < 4.78 is 13.2. The first kappa shape index (κ1) is 22.2. The SMILES string of the molecule is CCNC(=NCCc1cccc(F)c1)NC1CCN(C(C)C)CC1.I. The van der Waals surface area contributed by atoms with Crippen LogP contribution in [0.3, 0.4) is 0 Å². The lowest BCUT2D eigenvalue weighted by molar-refractivity contribution is 0.167. The van der Waals surface area contributed by atoms with Crippen molar-refractivity contribution >= 4 is 29.9 Å². The van der Waals surface area contributed by atoms with Crippen LogP contribution in [-0.4, -0.2) is 49.1 Å². The highest BCUT2D eigenvalue weighted by molar-refractivity contribution is 14.0. The summed E-state index contributed by atoms with van der Waals surface area (Å²) in [5, 5.41) is 6.86. The van der Waals surface area contributed by atoms with Crippen LogP contribution in [0.15, 0.2) is 29.3 Å². The minimum atomic E-state index is -0.182. The molecule has 1 aromatic rings. The zero-order chi connectivity index (χ0) is 17.4. The highest BCUT2D eigenvalue weighted by Gasteiger charge is 2.21. The van der Waals surface area contributed by atoms with E-state index < -0.39 is 0 Å². The quantitative estimate of drug-likeness (QED) is 0.387. The Bertz CT molecular complexity index is 528.